The molecule has 1 saturated carbocycles. The zero-order valence-corrected chi connectivity index (χ0v) is 15.5. The number of esters is 1. The van der Waals surface area contributed by atoms with Gasteiger partial charge in [0.2, 0.25) is 0 Å². The summed E-state index contributed by atoms with van der Waals surface area (Å²) in [5, 5.41) is 0. The minimum atomic E-state index is -0.642. The quantitative estimate of drug-likeness (QED) is 0.421. The van der Waals surface area contributed by atoms with Crippen LogP contribution in [0, 0.1) is 32.6 Å². The summed E-state index contributed by atoms with van der Waals surface area (Å²) in [6, 6.07) is 4.05. The molecular formula is C21H30O3. The minimum Gasteiger partial charge on any atom is -0.465 e. The molecule has 0 saturated heterocycles. The Morgan fingerprint density at radius 3 is 2.21 bits per heavy atom. The van der Waals surface area contributed by atoms with Crippen molar-refractivity contribution in [3.63, 3.8) is 0 Å². The predicted octanol–water partition coefficient (Wildman–Crippen LogP) is 4.94. The van der Waals surface area contributed by atoms with Gasteiger partial charge in [0.15, 0.2) is 5.78 Å². The van der Waals surface area contributed by atoms with Crippen LogP contribution in [0.5, 0.6) is 0 Å². The fourth-order valence-corrected chi connectivity index (χ4v) is 4.00. The van der Waals surface area contributed by atoms with Gasteiger partial charge in [0.25, 0.3) is 0 Å². The monoisotopic (exact) mass is 330 g/mol. The fraction of sp³-hybridized carbons (Fsp3) is 0.619. The van der Waals surface area contributed by atoms with Crippen molar-refractivity contribution >= 4 is 11.8 Å². The van der Waals surface area contributed by atoms with Crippen molar-refractivity contribution in [3.8, 4) is 0 Å². The molecule has 1 aromatic carbocycles. The highest BCUT2D eigenvalue weighted by molar-refractivity contribution is 6.10. The lowest BCUT2D eigenvalue weighted by Gasteiger charge is -2.28. The van der Waals surface area contributed by atoms with Crippen LogP contribution in [-0.4, -0.2) is 18.4 Å². The first-order valence-corrected chi connectivity index (χ1v) is 9.24. The second-order valence-corrected chi connectivity index (χ2v) is 7.18. The highest BCUT2D eigenvalue weighted by Gasteiger charge is 2.38. The van der Waals surface area contributed by atoms with Crippen LogP contribution >= 0.6 is 0 Å². The molecule has 3 heteroatoms. The van der Waals surface area contributed by atoms with Crippen molar-refractivity contribution in [1.29, 1.82) is 0 Å². The molecule has 0 radical (unpaired) electrons. The summed E-state index contributed by atoms with van der Waals surface area (Å²) in [7, 11) is 0. The van der Waals surface area contributed by atoms with Crippen LogP contribution in [0.4, 0.5) is 0 Å². The van der Waals surface area contributed by atoms with E-state index in [9.17, 15) is 9.59 Å². The predicted molar refractivity (Wildman–Crippen MR) is 96.3 cm³/mol. The number of hydrogen-bond donors (Lipinski definition) is 0. The van der Waals surface area contributed by atoms with Crippen LogP contribution < -0.4 is 0 Å². The molecule has 1 atom stereocenters. The van der Waals surface area contributed by atoms with Gasteiger partial charge in [0.1, 0.15) is 5.92 Å². The van der Waals surface area contributed by atoms with E-state index in [-0.39, 0.29) is 17.7 Å². The van der Waals surface area contributed by atoms with Crippen molar-refractivity contribution in [2.45, 2.75) is 66.2 Å². The summed E-state index contributed by atoms with van der Waals surface area (Å²) in [5.41, 5.74) is 3.78. The Hall–Kier alpha value is -1.64. The Bertz CT molecular complexity index is 574. The number of ketones is 1. The molecule has 0 N–H and O–H groups in total. The van der Waals surface area contributed by atoms with E-state index < -0.39 is 5.92 Å². The Balaban J connectivity index is 2.35. The third-order valence-electron chi connectivity index (χ3n) is 5.03. The number of rotatable bonds is 6. The lowest BCUT2D eigenvalue weighted by Crippen LogP contribution is -2.35. The summed E-state index contributed by atoms with van der Waals surface area (Å²) in [4.78, 5) is 26.0. The molecule has 132 valence electrons. The Labute approximate surface area is 145 Å². The molecule has 1 aromatic rings. The molecule has 2 rings (SSSR count). The van der Waals surface area contributed by atoms with E-state index in [0.29, 0.717) is 12.2 Å². The van der Waals surface area contributed by atoms with E-state index in [0.717, 1.165) is 48.8 Å². The largest absolute Gasteiger partial charge is 0.465 e. The number of benzene rings is 1. The average Bonchev–Trinajstić information content (AvgIpc) is 2.53. The van der Waals surface area contributed by atoms with Crippen molar-refractivity contribution in [1.82, 2.24) is 0 Å². The number of Topliss-reactive ketones (excluding diaryl/α,β-unsaturated/α-hetero) is 1. The summed E-state index contributed by atoms with van der Waals surface area (Å²) in [6.45, 7) is 8.31. The maximum absolute atomic E-state index is 13.3. The topological polar surface area (TPSA) is 43.4 Å². The van der Waals surface area contributed by atoms with Crippen LogP contribution in [0.25, 0.3) is 0 Å². The summed E-state index contributed by atoms with van der Waals surface area (Å²) >= 11 is 0. The highest BCUT2D eigenvalue weighted by Crippen LogP contribution is 2.34. The van der Waals surface area contributed by atoms with E-state index in [1.165, 1.54) is 6.42 Å². The van der Waals surface area contributed by atoms with Gasteiger partial charge < -0.3 is 4.74 Å². The van der Waals surface area contributed by atoms with Gasteiger partial charge >= 0.3 is 5.97 Å². The molecule has 0 heterocycles. The van der Waals surface area contributed by atoms with Crippen molar-refractivity contribution in [3.05, 3.63) is 34.4 Å². The van der Waals surface area contributed by atoms with Gasteiger partial charge in [-0.15, -0.1) is 0 Å². The average molecular weight is 330 g/mol. The second kappa shape index (κ2) is 8.46. The highest BCUT2D eigenvalue weighted by atomic mass is 16.5. The number of hydrogen-bond acceptors (Lipinski definition) is 3. The smallest absolute Gasteiger partial charge is 0.317 e. The SMILES string of the molecule is CCCOC(=O)C(C(=O)c1c(C)cc(C)cc1C)C1CCCCC1. The number of ether oxygens (including phenoxy) is 1. The van der Waals surface area contributed by atoms with E-state index >= 15 is 0 Å². The van der Waals surface area contributed by atoms with Gasteiger partial charge in [-0.2, -0.15) is 0 Å². The number of carbonyl (C=O) groups is 2. The van der Waals surface area contributed by atoms with Gasteiger partial charge in [-0.3, -0.25) is 9.59 Å². The van der Waals surface area contributed by atoms with E-state index in [2.05, 4.69) is 0 Å². The zero-order valence-electron chi connectivity index (χ0n) is 15.5. The third kappa shape index (κ3) is 4.25. The van der Waals surface area contributed by atoms with E-state index in [1.54, 1.807) is 0 Å². The first kappa shape index (κ1) is 18.7. The van der Waals surface area contributed by atoms with E-state index in [1.807, 2.05) is 39.8 Å². The molecule has 3 nitrogen and oxygen atoms in total. The van der Waals surface area contributed by atoms with E-state index in [4.69, 9.17) is 4.74 Å². The first-order valence-electron chi connectivity index (χ1n) is 9.24. The van der Waals surface area contributed by atoms with Gasteiger partial charge in [-0.05, 0) is 57.1 Å². The second-order valence-electron chi connectivity index (χ2n) is 7.18. The number of carbonyl (C=O) groups excluding carboxylic acids is 2. The molecule has 24 heavy (non-hydrogen) atoms. The number of aryl methyl sites for hydroxylation is 3. The fourth-order valence-electron chi connectivity index (χ4n) is 4.00. The Morgan fingerprint density at radius 1 is 1.08 bits per heavy atom. The van der Waals surface area contributed by atoms with Gasteiger partial charge in [0.05, 0.1) is 6.61 Å². The molecule has 0 bridgehead atoms. The van der Waals surface area contributed by atoms with Crippen molar-refractivity contribution in [2.24, 2.45) is 11.8 Å². The lowest BCUT2D eigenvalue weighted by molar-refractivity contribution is -0.148. The van der Waals surface area contributed by atoms with Crippen molar-refractivity contribution in [2.75, 3.05) is 6.61 Å². The van der Waals surface area contributed by atoms with Crippen LogP contribution in [0.15, 0.2) is 12.1 Å². The Kier molecular flexibility index (Phi) is 6.59. The first-order chi connectivity index (χ1) is 11.5. The lowest BCUT2D eigenvalue weighted by atomic mass is 9.75. The standard InChI is InChI=1S/C21H30O3/c1-5-11-24-21(23)19(17-9-7-6-8-10-17)20(22)18-15(3)12-14(2)13-16(18)4/h12-13,17,19H,5-11H2,1-4H3. The van der Waals surface area contributed by atoms with Gasteiger partial charge in [-0.1, -0.05) is 43.9 Å². The maximum Gasteiger partial charge on any atom is 0.317 e. The maximum atomic E-state index is 13.3. The molecule has 1 fully saturated rings. The molecule has 1 unspecified atom stereocenters. The normalized spacial score (nSPS) is 16.7. The van der Waals surface area contributed by atoms with Crippen LogP contribution in [0.2, 0.25) is 0 Å². The van der Waals surface area contributed by atoms with Crippen LogP contribution in [-0.2, 0) is 9.53 Å². The summed E-state index contributed by atoms with van der Waals surface area (Å²) in [6.07, 6.45) is 6.07. The molecule has 0 amide bonds. The van der Waals surface area contributed by atoms with Crippen molar-refractivity contribution < 1.29 is 14.3 Å². The van der Waals surface area contributed by atoms with Crippen LogP contribution in [0.3, 0.4) is 0 Å². The molecule has 1 aliphatic carbocycles. The summed E-state index contributed by atoms with van der Waals surface area (Å²) < 4.78 is 5.39. The van der Waals surface area contributed by atoms with Gasteiger partial charge in [-0.25, -0.2) is 0 Å². The van der Waals surface area contributed by atoms with Crippen LogP contribution in [0.1, 0.15) is 72.5 Å². The molecule has 1 aliphatic rings. The summed E-state index contributed by atoms with van der Waals surface area (Å²) in [5.74, 6) is -0.890. The molecule has 0 aromatic heterocycles. The molecule has 0 spiro atoms. The Morgan fingerprint density at radius 2 is 1.67 bits per heavy atom. The minimum absolute atomic E-state index is 0.0435. The zero-order chi connectivity index (χ0) is 17.7. The third-order valence-corrected chi connectivity index (χ3v) is 5.03. The molecular weight excluding hydrogens is 300 g/mol. The molecule has 0 aliphatic heterocycles. The van der Waals surface area contributed by atoms with Gasteiger partial charge in [0, 0.05) is 5.56 Å².